The molecule has 1 amide bonds. The number of nitrogens with zero attached hydrogens (tertiary/aromatic N) is 1. The predicted molar refractivity (Wildman–Crippen MR) is 115 cm³/mol. The number of hydrogen-bond acceptors (Lipinski definition) is 3. The van der Waals surface area contributed by atoms with Gasteiger partial charge in [0.2, 0.25) is 5.91 Å². The summed E-state index contributed by atoms with van der Waals surface area (Å²) in [5.41, 5.74) is -0.150. The minimum atomic E-state index is -4.67. The van der Waals surface area contributed by atoms with Crippen LogP contribution in [0.1, 0.15) is 37.7 Å². The molecule has 4 nitrogen and oxygen atoms in total. The van der Waals surface area contributed by atoms with Crippen molar-refractivity contribution >= 4 is 17.3 Å². The van der Waals surface area contributed by atoms with Gasteiger partial charge in [0, 0.05) is 30.8 Å². The Labute approximate surface area is 184 Å². The number of hydrogen-bond donors (Lipinski definition) is 1. The van der Waals surface area contributed by atoms with Crippen LogP contribution in [0.5, 0.6) is 0 Å². The molecule has 1 aliphatic heterocycles. The van der Waals surface area contributed by atoms with E-state index in [2.05, 4.69) is 5.32 Å². The second-order valence-electron chi connectivity index (χ2n) is 8.42. The van der Waals surface area contributed by atoms with Gasteiger partial charge in [-0.3, -0.25) is 4.79 Å². The van der Waals surface area contributed by atoms with Gasteiger partial charge < -0.3 is 15.0 Å². The van der Waals surface area contributed by atoms with Gasteiger partial charge in [-0.15, -0.1) is 0 Å². The van der Waals surface area contributed by atoms with Crippen LogP contribution in [0, 0.1) is 11.7 Å². The summed E-state index contributed by atoms with van der Waals surface area (Å²) in [7, 11) is 0. The highest BCUT2D eigenvalue weighted by Crippen LogP contribution is 2.44. The Morgan fingerprint density at radius 2 is 1.72 bits per heavy atom. The largest absolute Gasteiger partial charge is 0.418 e. The first kappa shape index (κ1) is 22.6. The number of benzene rings is 2. The van der Waals surface area contributed by atoms with E-state index < -0.39 is 23.5 Å². The van der Waals surface area contributed by atoms with Gasteiger partial charge in [0.15, 0.2) is 0 Å². The van der Waals surface area contributed by atoms with Gasteiger partial charge in [-0.1, -0.05) is 25.0 Å². The van der Waals surface area contributed by atoms with Gasteiger partial charge in [-0.25, -0.2) is 4.39 Å². The number of amides is 1. The van der Waals surface area contributed by atoms with Crippen molar-refractivity contribution in [3.05, 3.63) is 47.8 Å². The molecule has 0 aromatic heterocycles. The van der Waals surface area contributed by atoms with E-state index in [1.165, 1.54) is 24.3 Å². The lowest BCUT2D eigenvalue weighted by atomic mass is 9.97. The average Bonchev–Trinajstić information content (AvgIpc) is 3.27. The minimum Gasteiger partial charge on any atom is -0.378 e. The van der Waals surface area contributed by atoms with Crippen molar-refractivity contribution in [2.24, 2.45) is 5.92 Å². The van der Waals surface area contributed by atoms with E-state index in [-0.39, 0.29) is 23.6 Å². The maximum Gasteiger partial charge on any atom is 0.418 e. The van der Waals surface area contributed by atoms with Crippen LogP contribution in [0.2, 0.25) is 0 Å². The summed E-state index contributed by atoms with van der Waals surface area (Å²) in [6.45, 7) is 1.78. The first-order chi connectivity index (χ1) is 15.3. The van der Waals surface area contributed by atoms with Crippen molar-refractivity contribution in [3.8, 4) is 11.1 Å². The van der Waals surface area contributed by atoms with E-state index in [9.17, 15) is 22.4 Å². The monoisotopic (exact) mass is 450 g/mol. The number of carbonyl (C=O) groups excluding carboxylic acids is 1. The van der Waals surface area contributed by atoms with Gasteiger partial charge in [-0.05, 0) is 48.6 Å². The topological polar surface area (TPSA) is 41.6 Å². The van der Waals surface area contributed by atoms with Crippen LogP contribution in [0.15, 0.2) is 36.4 Å². The van der Waals surface area contributed by atoms with Crippen molar-refractivity contribution in [2.75, 3.05) is 36.5 Å². The number of rotatable bonds is 5. The number of anilines is 2. The summed E-state index contributed by atoms with van der Waals surface area (Å²) in [4.78, 5) is 14.5. The van der Waals surface area contributed by atoms with Gasteiger partial charge in [0.05, 0.1) is 24.5 Å². The van der Waals surface area contributed by atoms with Crippen LogP contribution < -0.4 is 10.2 Å². The third-order valence-corrected chi connectivity index (χ3v) is 6.17. The van der Waals surface area contributed by atoms with Crippen molar-refractivity contribution in [3.63, 3.8) is 0 Å². The molecule has 172 valence electrons. The molecule has 1 saturated carbocycles. The maximum absolute atomic E-state index is 14.2. The second kappa shape index (κ2) is 9.48. The number of ether oxygens (including phenoxy) is 1. The van der Waals surface area contributed by atoms with E-state index in [1.54, 1.807) is 6.07 Å². The van der Waals surface area contributed by atoms with Crippen LogP contribution in [-0.2, 0) is 15.7 Å². The molecule has 1 saturated heterocycles. The third kappa shape index (κ3) is 5.23. The van der Waals surface area contributed by atoms with Gasteiger partial charge in [0.25, 0.3) is 0 Å². The van der Waals surface area contributed by atoms with Crippen LogP contribution in [0.3, 0.4) is 0 Å². The highest BCUT2D eigenvalue weighted by atomic mass is 19.4. The van der Waals surface area contributed by atoms with Gasteiger partial charge in [0.1, 0.15) is 5.82 Å². The fourth-order valence-electron chi connectivity index (χ4n) is 4.51. The van der Waals surface area contributed by atoms with E-state index in [4.69, 9.17) is 4.74 Å². The normalized spacial score (nSPS) is 17.6. The summed E-state index contributed by atoms with van der Waals surface area (Å²) < 4.78 is 61.3. The molecule has 1 N–H and O–H groups in total. The smallest absolute Gasteiger partial charge is 0.378 e. The van der Waals surface area contributed by atoms with E-state index in [0.29, 0.717) is 37.6 Å². The Balaban J connectivity index is 1.78. The quantitative estimate of drug-likeness (QED) is 0.580. The fourth-order valence-corrected chi connectivity index (χ4v) is 4.51. The molecule has 0 atom stereocenters. The Bertz CT molecular complexity index is 948. The highest BCUT2D eigenvalue weighted by molar-refractivity contribution is 5.98. The summed E-state index contributed by atoms with van der Waals surface area (Å²) in [5.74, 6) is -0.711. The minimum absolute atomic E-state index is 0.200. The molecule has 4 rings (SSSR count). The Morgan fingerprint density at radius 1 is 1.06 bits per heavy atom. The Morgan fingerprint density at radius 3 is 2.34 bits per heavy atom. The lowest BCUT2D eigenvalue weighted by Crippen LogP contribution is -2.36. The van der Waals surface area contributed by atoms with Crippen molar-refractivity contribution in [2.45, 2.75) is 38.3 Å². The summed E-state index contributed by atoms with van der Waals surface area (Å²) in [6, 6.07) is 7.99. The average molecular weight is 450 g/mol. The second-order valence-corrected chi connectivity index (χ2v) is 8.42. The molecule has 1 heterocycles. The summed E-state index contributed by atoms with van der Waals surface area (Å²) in [5, 5.41) is 2.56. The van der Waals surface area contributed by atoms with Crippen LogP contribution >= 0.6 is 0 Å². The molecule has 8 heteroatoms. The molecule has 2 aromatic rings. The molecule has 2 aliphatic rings. The van der Waals surface area contributed by atoms with Crippen molar-refractivity contribution in [1.82, 2.24) is 0 Å². The maximum atomic E-state index is 14.2. The number of morpholine rings is 1. The van der Waals surface area contributed by atoms with E-state index >= 15 is 0 Å². The van der Waals surface area contributed by atoms with Crippen LogP contribution in [0.25, 0.3) is 11.1 Å². The molecule has 0 unspecified atom stereocenters. The van der Waals surface area contributed by atoms with Crippen LogP contribution in [0.4, 0.5) is 28.9 Å². The van der Waals surface area contributed by atoms with E-state index in [0.717, 1.165) is 31.7 Å². The molecule has 0 radical (unpaired) electrons. The van der Waals surface area contributed by atoms with Crippen molar-refractivity contribution < 1.29 is 27.1 Å². The molecule has 1 aliphatic carbocycles. The first-order valence-electron chi connectivity index (χ1n) is 10.9. The lowest BCUT2D eigenvalue weighted by Gasteiger charge is -2.31. The molecule has 0 spiro atoms. The number of nitrogens with one attached hydrogen (secondary N) is 1. The molecule has 32 heavy (non-hydrogen) atoms. The zero-order valence-electron chi connectivity index (χ0n) is 17.7. The van der Waals surface area contributed by atoms with Gasteiger partial charge >= 0.3 is 6.18 Å². The summed E-state index contributed by atoms with van der Waals surface area (Å²) in [6.07, 6.45) is -0.555. The summed E-state index contributed by atoms with van der Waals surface area (Å²) >= 11 is 0. The Hall–Kier alpha value is -2.61. The number of carbonyl (C=O) groups is 1. The molecule has 2 aromatic carbocycles. The zero-order valence-corrected chi connectivity index (χ0v) is 17.7. The predicted octanol–water partition coefficient (Wildman–Crippen LogP) is 5.87. The molecule has 2 fully saturated rings. The zero-order chi connectivity index (χ0) is 22.7. The fraction of sp³-hybridized carbons (Fsp3) is 0.458. The van der Waals surface area contributed by atoms with Gasteiger partial charge in [-0.2, -0.15) is 13.2 Å². The SMILES string of the molecule is O=C(CC1CCCC1)Nc1c(-c2ccc(F)cc2)cc(N2CCOCC2)cc1C(F)(F)F. The highest BCUT2D eigenvalue weighted by Gasteiger charge is 2.37. The third-order valence-electron chi connectivity index (χ3n) is 6.17. The first-order valence-corrected chi connectivity index (χ1v) is 10.9. The van der Waals surface area contributed by atoms with Crippen LogP contribution in [-0.4, -0.2) is 32.2 Å². The standard InChI is InChI=1S/C24H26F4N2O2/c25-18-7-5-17(6-8-18)20-14-19(30-9-11-32-12-10-30)15-21(24(26,27)28)23(20)29-22(31)13-16-3-1-2-4-16/h5-8,14-16H,1-4,9-13H2,(H,29,31). The molecule has 0 bridgehead atoms. The van der Waals surface area contributed by atoms with Crippen molar-refractivity contribution in [1.29, 1.82) is 0 Å². The lowest BCUT2D eigenvalue weighted by molar-refractivity contribution is -0.136. The molecular formula is C24H26F4N2O2. The number of alkyl halides is 3. The number of halogens is 4. The van der Waals surface area contributed by atoms with E-state index in [1.807, 2.05) is 4.90 Å². The molecular weight excluding hydrogens is 424 g/mol. The Kier molecular flexibility index (Phi) is 6.69.